The zero-order valence-electron chi connectivity index (χ0n) is 17.8. The first kappa shape index (κ1) is 24.7. The third kappa shape index (κ3) is 6.53. The molecule has 32 heavy (non-hydrogen) atoms. The van der Waals surface area contributed by atoms with Gasteiger partial charge in [0.15, 0.2) is 4.34 Å². The molecule has 1 N–H and O–H groups in total. The van der Waals surface area contributed by atoms with Gasteiger partial charge in [0.1, 0.15) is 6.54 Å². The van der Waals surface area contributed by atoms with Gasteiger partial charge in [0.2, 0.25) is 11.0 Å². The number of aromatic nitrogens is 2. The van der Waals surface area contributed by atoms with Gasteiger partial charge >= 0.3 is 0 Å². The monoisotopic (exact) mass is 554 g/mol. The number of aryl methyl sites for hydroxylation is 1. The number of halogens is 1. The van der Waals surface area contributed by atoms with Crippen LogP contribution in [0.25, 0.3) is 0 Å². The SMILES string of the molecule is Cc1ccc(S(=O)(=O)N(CC(=O)Nc2nnc(SCC(C)C)s2)c2cccc(Br)c2)cc1. The fraction of sp³-hybridized carbons (Fsp3) is 0.286. The fourth-order valence-corrected chi connectivity index (χ4v) is 6.17. The highest BCUT2D eigenvalue weighted by Gasteiger charge is 2.27. The van der Waals surface area contributed by atoms with Gasteiger partial charge in [-0.15, -0.1) is 10.2 Å². The number of rotatable bonds is 9. The van der Waals surface area contributed by atoms with Crippen molar-refractivity contribution in [2.45, 2.75) is 30.0 Å². The second-order valence-electron chi connectivity index (χ2n) is 7.43. The minimum atomic E-state index is -3.97. The van der Waals surface area contributed by atoms with Crippen molar-refractivity contribution >= 4 is 65.8 Å². The first-order valence-electron chi connectivity index (χ1n) is 9.76. The van der Waals surface area contributed by atoms with E-state index in [0.29, 0.717) is 21.2 Å². The number of carbonyl (C=O) groups is 1. The Morgan fingerprint density at radius 2 is 1.91 bits per heavy atom. The van der Waals surface area contributed by atoms with Crippen molar-refractivity contribution in [2.24, 2.45) is 5.92 Å². The van der Waals surface area contributed by atoms with Gasteiger partial charge in [-0.3, -0.25) is 14.4 Å². The molecule has 2 aromatic carbocycles. The van der Waals surface area contributed by atoms with E-state index in [1.165, 1.54) is 23.5 Å². The van der Waals surface area contributed by atoms with Gasteiger partial charge < -0.3 is 0 Å². The maximum absolute atomic E-state index is 13.4. The largest absolute Gasteiger partial charge is 0.299 e. The highest BCUT2D eigenvalue weighted by atomic mass is 79.9. The molecule has 0 atom stereocenters. The molecular weight excluding hydrogens is 532 g/mol. The smallest absolute Gasteiger partial charge is 0.264 e. The van der Waals surface area contributed by atoms with E-state index in [4.69, 9.17) is 0 Å². The zero-order chi connectivity index (χ0) is 23.3. The zero-order valence-corrected chi connectivity index (χ0v) is 21.8. The Kier molecular flexibility index (Phi) is 8.32. The van der Waals surface area contributed by atoms with Crippen molar-refractivity contribution in [3.05, 3.63) is 58.6 Å². The van der Waals surface area contributed by atoms with E-state index < -0.39 is 22.5 Å². The molecule has 1 heterocycles. The van der Waals surface area contributed by atoms with E-state index in [9.17, 15) is 13.2 Å². The molecule has 0 fully saturated rings. The molecule has 1 amide bonds. The van der Waals surface area contributed by atoms with Gasteiger partial charge in [0, 0.05) is 10.2 Å². The first-order chi connectivity index (χ1) is 15.1. The summed E-state index contributed by atoms with van der Waals surface area (Å²) in [5.41, 5.74) is 1.32. The second kappa shape index (κ2) is 10.8. The van der Waals surface area contributed by atoms with Crippen molar-refractivity contribution in [1.29, 1.82) is 0 Å². The van der Waals surface area contributed by atoms with Gasteiger partial charge in [-0.05, 0) is 43.2 Å². The Bertz CT molecular complexity index is 1180. The van der Waals surface area contributed by atoms with Crippen LogP contribution in [-0.4, -0.2) is 36.8 Å². The molecule has 0 aliphatic carbocycles. The van der Waals surface area contributed by atoms with Crippen LogP contribution in [0.4, 0.5) is 10.8 Å². The Morgan fingerprint density at radius 3 is 2.56 bits per heavy atom. The Morgan fingerprint density at radius 1 is 1.19 bits per heavy atom. The quantitative estimate of drug-likeness (QED) is 0.289. The minimum Gasteiger partial charge on any atom is -0.299 e. The number of amides is 1. The summed E-state index contributed by atoms with van der Waals surface area (Å²) < 4.78 is 29.3. The third-order valence-corrected chi connectivity index (χ3v) is 8.87. The molecule has 0 bridgehead atoms. The van der Waals surface area contributed by atoms with E-state index in [1.54, 1.807) is 48.2 Å². The summed E-state index contributed by atoms with van der Waals surface area (Å²) in [6, 6.07) is 13.3. The standard InChI is InChI=1S/C21H23BrN4O3S3/c1-14(2)13-30-21-25-24-20(31-21)23-19(27)12-26(17-6-4-5-16(22)11-17)32(28,29)18-9-7-15(3)8-10-18/h4-11,14H,12-13H2,1-3H3,(H,23,24,27). The van der Waals surface area contributed by atoms with Crippen LogP contribution in [0.5, 0.6) is 0 Å². The van der Waals surface area contributed by atoms with Crippen LogP contribution in [-0.2, 0) is 14.8 Å². The lowest BCUT2D eigenvalue weighted by Gasteiger charge is -2.24. The summed E-state index contributed by atoms with van der Waals surface area (Å²) in [5.74, 6) is 0.901. The molecule has 3 aromatic rings. The van der Waals surface area contributed by atoms with E-state index in [0.717, 1.165) is 20.0 Å². The maximum atomic E-state index is 13.4. The molecular formula is C21H23BrN4O3S3. The number of sulfonamides is 1. The molecule has 0 unspecified atom stereocenters. The van der Waals surface area contributed by atoms with Crippen LogP contribution in [0.15, 0.2) is 62.2 Å². The van der Waals surface area contributed by atoms with Crippen LogP contribution in [0.3, 0.4) is 0 Å². The summed E-state index contributed by atoms with van der Waals surface area (Å²) in [5, 5.41) is 11.1. The molecule has 0 aliphatic rings. The molecule has 11 heteroatoms. The van der Waals surface area contributed by atoms with Crippen molar-refractivity contribution in [3.8, 4) is 0 Å². The minimum absolute atomic E-state index is 0.110. The predicted molar refractivity (Wildman–Crippen MR) is 134 cm³/mol. The van der Waals surface area contributed by atoms with E-state index in [2.05, 4.69) is 45.3 Å². The van der Waals surface area contributed by atoms with Crippen LogP contribution in [0, 0.1) is 12.8 Å². The van der Waals surface area contributed by atoms with Gasteiger partial charge in [0.25, 0.3) is 10.0 Å². The number of anilines is 2. The van der Waals surface area contributed by atoms with E-state index in [1.807, 2.05) is 6.92 Å². The van der Waals surface area contributed by atoms with Gasteiger partial charge in [-0.1, -0.05) is 76.6 Å². The maximum Gasteiger partial charge on any atom is 0.264 e. The predicted octanol–water partition coefficient (Wildman–Crippen LogP) is 5.19. The highest BCUT2D eigenvalue weighted by molar-refractivity contribution is 9.10. The molecule has 0 spiro atoms. The number of carbonyl (C=O) groups excluding carboxylic acids is 1. The van der Waals surface area contributed by atoms with E-state index in [-0.39, 0.29) is 4.90 Å². The number of hydrogen-bond donors (Lipinski definition) is 1. The first-order valence-corrected chi connectivity index (χ1v) is 13.8. The fourth-order valence-electron chi connectivity index (χ4n) is 2.63. The summed E-state index contributed by atoms with van der Waals surface area (Å²) in [4.78, 5) is 12.9. The Hall–Kier alpha value is -1.95. The summed E-state index contributed by atoms with van der Waals surface area (Å²) in [6.07, 6.45) is 0. The van der Waals surface area contributed by atoms with Crippen LogP contribution < -0.4 is 9.62 Å². The second-order valence-corrected chi connectivity index (χ2v) is 12.5. The number of nitrogens with zero attached hydrogens (tertiary/aromatic N) is 3. The number of benzene rings is 2. The molecule has 170 valence electrons. The van der Waals surface area contributed by atoms with Crippen molar-refractivity contribution in [1.82, 2.24) is 10.2 Å². The molecule has 3 rings (SSSR count). The van der Waals surface area contributed by atoms with Crippen molar-refractivity contribution in [3.63, 3.8) is 0 Å². The molecule has 0 aliphatic heterocycles. The Labute approximate surface area is 204 Å². The molecule has 1 aromatic heterocycles. The van der Waals surface area contributed by atoms with Crippen LogP contribution >= 0.6 is 39.0 Å². The summed E-state index contributed by atoms with van der Waals surface area (Å²) in [6.45, 7) is 5.70. The summed E-state index contributed by atoms with van der Waals surface area (Å²) >= 11 is 6.21. The van der Waals surface area contributed by atoms with Crippen LogP contribution in [0.1, 0.15) is 19.4 Å². The average Bonchev–Trinajstić information content (AvgIpc) is 3.18. The van der Waals surface area contributed by atoms with Gasteiger partial charge in [-0.25, -0.2) is 8.42 Å². The molecule has 0 saturated heterocycles. The Balaban J connectivity index is 1.83. The number of hydrogen-bond acceptors (Lipinski definition) is 7. The van der Waals surface area contributed by atoms with Crippen molar-refractivity contribution in [2.75, 3.05) is 21.9 Å². The van der Waals surface area contributed by atoms with Crippen molar-refractivity contribution < 1.29 is 13.2 Å². The number of thioether (sulfide) groups is 1. The van der Waals surface area contributed by atoms with Gasteiger partial charge in [0.05, 0.1) is 10.6 Å². The molecule has 0 saturated carbocycles. The lowest BCUT2D eigenvalue weighted by molar-refractivity contribution is -0.114. The normalized spacial score (nSPS) is 11.5. The molecule has 0 radical (unpaired) electrons. The van der Waals surface area contributed by atoms with E-state index >= 15 is 0 Å². The summed E-state index contributed by atoms with van der Waals surface area (Å²) in [7, 11) is -3.97. The van der Waals surface area contributed by atoms with Gasteiger partial charge in [-0.2, -0.15) is 0 Å². The number of nitrogens with one attached hydrogen (secondary N) is 1. The molecule has 7 nitrogen and oxygen atoms in total. The average molecular weight is 556 g/mol. The highest BCUT2D eigenvalue weighted by Crippen LogP contribution is 2.28. The topological polar surface area (TPSA) is 92.3 Å². The lowest BCUT2D eigenvalue weighted by Crippen LogP contribution is -2.38. The lowest BCUT2D eigenvalue weighted by atomic mass is 10.2. The van der Waals surface area contributed by atoms with Crippen LogP contribution in [0.2, 0.25) is 0 Å². The third-order valence-electron chi connectivity index (χ3n) is 4.19.